The molecule has 0 spiro atoms. The first-order valence-corrected chi connectivity index (χ1v) is 9.23. The summed E-state index contributed by atoms with van der Waals surface area (Å²) in [6.07, 6.45) is 0. The van der Waals surface area contributed by atoms with Gasteiger partial charge in [-0.05, 0) is 43.3 Å². The van der Waals surface area contributed by atoms with Crippen molar-refractivity contribution in [2.75, 3.05) is 5.32 Å². The molecule has 2 aromatic heterocycles. The third-order valence-electron chi connectivity index (χ3n) is 4.00. The zero-order valence-corrected chi connectivity index (χ0v) is 15.5. The molecule has 0 saturated carbocycles. The molecule has 2 heterocycles. The number of nitrogens with zero attached hydrogens (tertiary/aromatic N) is 3. The zero-order chi connectivity index (χ0) is 19.7. The Morgan fingerprint density at radius 1 is 1.11 bits per heavy atom. The van der Waals surface area contributed by atoms with Crippen LogP contribution in [0.25, 0.3) is 16.4 Å². The normalized spacial score (nSPS) is 10.8. The molecule has 5 nitrogen and oxygen atoms in total. The van der Waals surface area contributed by atoms with Gasteiger partial charge >= 0.3 is 0 Å². The maximum atomic E-state index is 13.9. The van der Waals surface area contributed by atoms with Crippen LogP contribution >= 0.6 is 11.3 Å². The number of anilines is 1. The standard InChI is InChI=1S/C20H14F2N4OS/c1-12-10-18(24-19(27)15-4-2-3-5-16(15)22)26(25-12)20-23-17(11-28-20)13-6-8-14(21)9-7-13/h2-11H,1H3,(H,24,27). The minimum atomic E-state index is -0.601. The largest absolute Gasteiger partial charge is 0.306 e. The number of rotatable bonds is 4. The highest BCUT2D eigenvalue weighted by Gasteiger charge is 2.17. The number of hydrogen-bond donors (Lipinski definition) is 1. The zero-order valence-electron chi connectivity index (χ0n) is 14.7. The van der Waals surface area contributed by atoms with Crippen molar-refractivity contribution in [1.82, 2.24) is 14.8 Å². The molecule has 1 N–H and O–H groups in total. The van der Waals surface area contributed by atoms with Crippen molar-refractivity contribution in [3.05, 3.63) is 82.9 Å². The van der Waals surface area contributed by atoms with Gasteiger partial charge in [0.2, 0.25) is 5.13 Å². The summed E-state index contributed by atoms with van der Waals surface area (Å²) in [6, 6.07) is 13.5. The summed E-state index contributed by atoms with van der Waals surface area (Å²) in [4.78, 5) is 17.0. The van der Waals surface area contributed by atoms with E-state index in [-0.39, 0.29) is 11.4 Å². The van der Waals surface area contributed by atoms with E-state index in [1.54, 1.807) is 31.2 Å². The number of carbonyl (C=O) groups excluding carboxylic acids is 1. The lowest BCUT2D eigenvalue weighted by atomic mass is 10.2. The number of hydrogen-bond acceptors (Lipinski definition) is 4. The number of aryl methyl sites for hydroxylation is 1. The van der Waals surface area contributed by atoms with E-state index in [4.69, 9.17) is 0 Å². The van der Waals surface area contributed by atoms with E-state index in [1.165, 1.54) is 46.4 Å². The number of halogens is 2. The van der Waals surface area contributed by atoms with E-state index in [1.807, 2.05) is 5.38 Å². The summed E-state index contributed by atoms with van der Waals surface area (Å²) in [7, 11) is 0. The molecule has 4 rings (SSSR count). The van der Waals surface area contributed by atoms with Crippen LogP contribution in [0.2, 0.25) is 0 Å². The second-order valence-electron chi connectivity index (χ2n) is 6.04. The van der Waals surface area contributed by atoms with Gasteiger partial charge in [0.15, 0.2) is 0 Å². The molecule has 0 fully saturated rings. The number of carbonyl (C=O) groups is 1. The fraction of sp³-hybridized carbons (Fsp3) is 0.0500. The topological polar surface area (TPSA) is 59.8 Å². The van der Waals surface area contributed by atoms with Crippen LogP contribution in [0, 0.1) is 18.6 Å². The monoisotopic (exact) mass is 396 g/mol. The van der Waals surface area contributed by atoms with Crippen LogP contribution in [0.4, 0.5) is 14.6 Å². The summed E-state index contributed by atoms with van der Waals surface area (Å²) in [5.41, 5.74) is 2.05. The first-order chi connectivity index (χ1) is 13.5. The third-order valence-corrected chi connectivity index (χ3v) is 4.82. The first-order valence-electron chi connectivity index (χ1n) is 8.35. The number of thiazole rings is 1. The fourth-order valence-electron chi connectivity index (χ4n) is 2.68. The molecule has 0 bridgehead atoms. The van der Waals surface area contributed by atoms with Crippen LogP contribution in [0.5, 0.6) is 0 Å². The summed E-state index contributed by atoms with van der Waals surface area (Å²) in [5, 5.41) is 9.40. The lowest BCUT2D eigenvalue weighted by molar-refractivity contribution is 0.102. The third kappa shape index (κ3) is 3.54. The lowest BCUT2D eigenvalue weighted by Gasteiger charge is -2.07. The van der Waals surface area contributed by atoms with Gasteiger partial charge in [0.05, 0.1) is 17.0 Å². The summed E-state index contributed by atoms with van der Waals surface area (Å²) in [6.45, 7) is 1.78. The average Bonchev–Trinajstić information content (AvgIpc) is 3.29. The Hall–Kier alpha value is -3.39. The Labute approximate surface area is 163 Å². The van der Waals surface area contributed by atoms with Gasteiger partial charge < -0.3 is 5.32 Å². The molecule has 8 heteroatoms. The van der Waals surface area contributed by atoms with Gasteiger partial charge in [-0.2, -0.15) is 9.78 Å². The van der Waals surface area contributed by atoms with Gasteiger partial charge in [-0.3, -0.25) is 4.79 Å². The van der Waals surface area contributed by atoms with Crippen LogP contribution in [0.1, 0.15) is 16.1 Å². The number of amides is 1. The average molecular weight is 396 g/mol. The van der Waals surface area contributed by atoms with Crippen LogP contribution in [-0.2, 0) is 0 Å². The summed E-state index contributed by atoms with van der Waals surface area (Å²) in [5.74, 6) is -1.11. The number of benzene rings is 2. The quantitative estimate of drug-likeness (QED) is 0.537. The maximum Gasteiger partial charge on any atom is 0.259 e. The first kappa shape index (κ1) is 18.0. The number of nitrogens with one attached hydrogen (secondary N) is 1. The van der Waals surface area contributed by atoms with Crippen molar-refractivity contribution in [3.8, 4) is 16.4 Å². The molecule has 2 aromatic carbocycles. The van der Waals surface area contributed by atoms with Crippen LogP contribution in [0.3, 0.4) is 0 Å². The molecule has 0 aliphatic heterocycles. The van der Waals surface area contributed by atoms with Gasteiger partial charge in [0, 0.05) is 17.0 Å². The molecule has 140 valence electrons. The van der Waals surface area contributed by atoms with Gasteiger partial charge in [0.25, 0.3) is 5.91 Å². The van der Waals surface area contributed by atoms with E-state index in [0.717, 1.165) is 5.56 Å². The lowest BCUT2D eigenvalue weighted by Crippen LogP contribution is -2.16. The van der Waals surface area contributed by atoms with Crippen LogP contribution < -0.4 is 5.32 Å². The predicted octanol–water partition coefficient (Wildman–Crippen LogP) is 4.83. The highest BCUT2D eigenvalue weighted by molar-refractivity contribution is 7.12. The van der Waals surface area contributed by atoms with Gasteiger partial charge in [-0.1, -0.05) is 12.1 Å². The molecule has 0 radical (unpaired) electrons. The summed E-state index contributed by atoms with van der Waals surface area (Å²) < 4.78 is 28.5. The Kier molecular flexibility index (Phi) is 4.70. The van der Waals surface area contributed by atoms with Gasteiger partial charge in [0.1, 0.15) is 17.5 Å². The van der Waals surface area contributed by atoms with E-state index in [2.05, 4.69) is 15.4 Å². The molecule has 0 aliphatic rings. The van der Waals surface area contributed by atoms with E-state index in [0.29, 0.717) is 22.3 Å². The van der Waals surface area contributed by atoms with Crippen molar-refractivity contribution in [2.45, 2.75) is 6.92 Å². The predicted molar refractivity (Wildman–Crippen MR) is 104 cm³/mol. The fourth-order valence-corrected chi connectivity index (χ4v) is 3.47. The van der Waals surface area contributed by atoms with E-state index in [9.17, 15) is 13.6 Å². The molecular weight excluding hydrogens is 382 g/mol. The molecule has 1 amide bonds. The highest BCUT2D eigenvalue weighted by atomic mass is 32.1. The second kappa shape index (κ2) is 7.32. The SMILES string of the molecule is Cc1cc(NC(=O)c2ccccc2F)n(-c2nc(-c3ccc(F)cc3)cs2)n1. The maximum absolute atomic E-state index is 13.9. The Bertz CT molecular complexity index is 1150. The Morgan fingerprint density at radius 3 is 2.61 bits per heavy atom. The van der Waals surface area contributed by atoms with Crippen molar-refractivity contribution in [2.24, 2.45) is 0 Å². The van der Waals surface area contributed by atoms with E-state index < -0.39 is 11.7 Å². The minimum absolute atomic E-state index is 0.0564. The van der Waals surface area contributed by atoms with Crippen molar-refractivity contribution in [3.63, 3.8) is 0 Å². The molecule has 0 saturated heterocycles. The van der Waals surface area contributed by atoms with Crippen LogP contribution in [-0.4, -0.2) is 20.7 Å². The Balaban J connectivity index is 1.64. The highest BCUT2D eigenvalue weighted by Crippen LogP contribution is 2.27. The summed E-state index contributed by atoms with van der Waals surface area (Å²) >= 11 is 1.33. The van der Waals surface area contributed by atoms with Crippen molar-refractivity contribution < 1.29 is 13.6 Å². The van der Waals surface area contributed by atoms with Gasteiger partial charge in [-0.15, -0.1) is 11.3 Å². The number of aromatic nitrogens is 3. The minimum Gasteiger partial charge on any atom is -0.306 e. The Morgan fingerprint density at radius 2 is 1.86 bits per heavy atom. The molecule has 0 atom stereocenters. The molecule has 0 unspecified atom stereocenters. The smallest absolute Gasteiger partial charge is 0.259 e. The molecule has 4 aromatic rings. The van der Waals surface area contributed by atoms with Crippen molar-refractivity contribution >= 4 is 23.1 Å². The van der Waals surface area contributed by atoms with Crippen LogP contribution in [0.15, 0.2) is 60.0 Å². The molecule has 0 aliphatic carbocycles. The van der Waals surface area contributed by atoms with Gasteiger partial charge in [-0.25, -0.2) is 13.8 Å². The molecule has 28 heavy (non-hydrogen) atoms. The molecular formula is C20H14F2N4OS. The van der Waals surface area contributed by atoms with Crippen molar-refractivity contribution in [1.29, 1.82) is 0 Å². The van der Waals surface area contributed by atoms with E-state index >= 15 is 0 Å². The second-order valence-corrected chi connectivity index (χ2v) is 6.88.